The third kappa shape index (κ3) is 1.97. The van der Waals surface area contributed by atoms with Crippen LogP contribution in [0.2, 0.25) is 0 Å². The highest BCUT2D eigenvalue weighted by molar-refractivity contribution is 5.28. The van der Waals surface area contributed by atoms with Crippen LogP contribution in [0.1, 0.15) is 23.0 Å². The summed E-state index contributed by atoms with van der Waals surface area (Å²) in [6.07, 6.45) is 0. The summed E-state index contributed by atoms with van der Waals surface area (Å²) in [7, 11) is 1.83. The summed E-state index contributed by atoms with van der Waals surface area (Å²) in [5, 5.41) is 4.22. The van der Waals surface area contributed by atoms with Gasteiger partial charge in [-0.3, -0.25) is 4.68 Å². The molecule has 3 nitrogen and oxygen atoms in total. The molecule has 4 heteroatoms. The monoisotopic (exact) mass is 219 g/mol. The van der Waals surface area contributed by atoms with Crippen molar-refractivity contribution in [3.63, 3.8) is 0 Å². The average molecular weight is 219 g/mol. The maximum absolute atomic E-state index is 13.1. The maximum Gasteiger partial charge on any atom is 0.123 e. The molecule has 84 valence electrons. The predicted molar refractivity (Wildman–Crippen MR) is 60.4 cm³/mol. The van der Waals surface area contributed by atoms with Crippen molar-refractivity contribution in [3.8, 4) is 0 Å². The zero-order valence-corrected chi connectivity index (χ0v) is 9.31. The number of hydrogen-bond donors (Lipinski definition) is 1. The SMILES string of the molecule is Cc1cc(C(N)c2cccc(F)c2)n(C)n1. The number of halogens is 1. The maximum atomic E-state index is 13.1. The molecule has 0 spiro atoms. The van der Waals surface area contributed by atoms with Gasteiger partial charge in [-0.25, -0.2) is 4.39 Å². The lowest BCUT2D eigenvalue weighted by Crippen LogP contribution is -2.15. The van der Waals surface area contributed by atoms with E-state index in [9.17, 15) is 4.39 Å². The Morgan fingerprint density at radius 2 is 2.12 bits per heavy atom. The van der Waals surface area contributed by atoms with Gasteiger partial charge >= 0.3 is 0 Å². The van der Waals surface area contributed by atoms with Crippen molar-refractivity contribution in [1.82, 2.24) is 9.78 Å². The second-order valence-electron chi connectivity index (χ2n) is 3.87. The third-order valence-electron chi connectivity index (χ3n) is 2.56. The Morgan fingerprint density at radius 1 is 1.38 bits per heavy atom. The lowest BCUT2D eigenvalue weighted by Gasteiger charge is -2.12. The van der Waals surface area contributed by atoms with Crippen LogP contribution in [0.25, 0.3) is 0 Å². The van der Waals surface area contributed by atoms with Crippen molar-refractivity contribution in [2.24, 2.45) is 12.8 Å². The van der Waals surface area contributed by atoms with E-state index in [0.29, 0.717) is 0 Å². The predicted octanol–water partition coefficient (Wildman–Crippen LogP) is 1.92. The molecule has 16 heavy (non-hydrogen) atoms. The smallest absolute Gasteiger partial charge is 0.123 e. The summed E-state index contributed by atoms with van der Waals surface area (Å²) in [5.74, 6) is -0.271. The first-order valence-corrected chi connectivity index (χ1v) is 5.09. The van der Waals surface area contributed by atoms with Crippen LogP contribution in [-0.4, -0.2) is 9.78 Å². The van der Waals surface area contributed by atoms with Gasteiger partial charge in [-0.1, -0.05) is 12.1 Å². The fraction of sp³-hybridized carbons (Fsp3) is 0.250. The Labute approximate surface area is 93.7 Å². The van der Waals surface area contributed by atoms with Crippen LogP contribution < -0.4 is 5.73 Å². The van der Waals surface area contributed by atoms with Crippen LogP contribution in [0.3, 0.4) is 0 Å². The summed E-state index contributed by atoms with van der Waals surface area (Å²) in [6.45, 7) is 1.90. The summed E-state index contributed by atoms with van der Waals surface area (Å²) in [5.41, 5.74) is 8.61. The summed E-state index contributed by atoms with van der Waals surface area (Å²) >= 11 is 0. The van der Waals surface area contributed by atoms with Crippen molar-refractivity contribution in [2.45, 2.75) is 13.0 Å². The van der Waals surface area contributed by atoms with Gasteiger partial charge in [0.25, 0.3) is 0 Å². The van der Waals surface area contributed by atoms with E-state index in [1.54, 1.807) is 10.7 Å². The number of nitrogens with two attached hydrogens (primary N) is 1. The Hall–Kier alpha value is -1.68. The minimum Gasteiger partial charge on any atom is -0.319 e. The van der Waals surface area contributed by atoms with Crippen LogP contribution in [0.4, 0.5) is 4.39 Å². The first-order chi connectivity index (χ1) is 7.58. The molecule has 0 aliphatic carbocycles. The van der Waals surface area contributed by atoms with Gasteiger partial charge in [0.15, 0.2) is 0 Å². The first kappa shape index (κ1) is 10.8. The molecule has 0 radical (unpaired) electrons. The lowest BCUT2D eigenvalue weighted by molar-refractivity contribution is 0.619. The highest BCUT2D eigenvalue weighted by Crippen LogP contribution is 2.20. The first-order valence-electron chi connectivity index (χ1n) is 5.09. The van der Waals surface area contributed by atoms with Gasteiger partial charge in [0.05, 0.1) is 17.4 Å². The largest absolute Gasteiger partial charge is 0.319 e. The second kappa shape index (κ2) is 4.06. The molecule has 0 aliphatic rings. The van der Waals surface area contributed by atoms with Gasteiger partial charge in [0.2, 0.25) is 0 Å². The highest BCUT2D eigenvalue weighted by Gasteiger charge is 2.14. The topological polar surface area (TPSA) is 43.8 Å². The summed E-state index contributed by atoms with van der Waals surface area (Å²) < 4.78 is 14.8. The number of nitrogens with zero attached hydrogens (tertiary/aromatic N) is 2. The van der Waals surface area contributed by atoms with Crippen LogP contribution >= 0.6 is 0 Å². The Kier molecular flexibility index (Phi) is 2.75. The normalized spacial score (nSPS) is 12.8. The van der Waals surface area contributed by atoms with Crippen molar-refractivity contribution < 1.29 is 4.39 Å². The molecule has 1 aromatic carbocycles. The molecule has 1 aromatic heterocycles. The molecule has 0 saturated heterocycles. The number of aryl methyl sites for hydroxylation is 2. The van der Waals surface area contributed by atoms with Gasteiger partial charge in [0, 0.05) is 7.05 Å². The Balaban J connectivity index is 2.38. The average Bonchev–Trinajstić information content (AvgIpc) is 2.57. The van der Waals surface area contributed by atoms with Gasteiger partial charge < -0.3 is 5.73 Å². The lowest BCUT2D eigenvalue weighted by atomic mass is 10.0. The van der Waals surface area contributed by atoms with E-state index >= 15 is 0 Å². The summed E-state index contributed by atoms with van der Waals surface area (Å²) in [6, 6.07) is 7.90. The molecule has 1 heterocycles. The number of hydrogen-bond acceptors (Lipinski definition) is 2. The zero-order chi connectivity index (χ0) is 11.7. The van der Waals surface area contributed by atoms with Gasteiger partial charge in [0.1, 0.15) is 5.82 Å². The van der Waals surface area contributed by atoms with Gasteiger partial charge in [-0.15, -0.1) is 0 Å². The molecule has 0 fully saturated rings. The van der Waals surface area contributed by atoms with E-state index in [4.69, 9.17) is 5.73 Å². The molecule has 0 saturated carbocycles. The van der Waals surface area contributed by atoms with Gasteiger partial charge in [-0.05, 0) is 30.7 Å². The molecule has 0 aliphatic heterocycles. The Bertz CT molecular complexity index is 505. The third-order valence-corrected chi connectivity index (χ3v) is 2.56. The summed E-state index contributed by atoms with van der Waals surface area (Å²) in [4.78, 5) is 0. The zero-order valence-electron chi connectivity index (χ0n) is 9.31. The standard InChI is InChI=1S/C12H14FN3/c1-8-6-11(16(2)15-8)12(14)9-4-3-5-10(13)7-9/h3-7,12H,14H2,1-2H3. The molecule has 0 amide bonds. The van der Waals surface area contributed by atoms with Crippen LogP contribution in [-0.2, 0) is 7.05 Å². The number of aromatic nitrogens is 2. The minimum absolute atomic E-state index is 0.271. The van der Waals surface area contributed by atoms with Crippen LogP contribution in [0, 0.1) is 12.7 Å². The molecular weight excluding hydrogens is 205 g/mol. The minimum atomic E-state index is -0.345. The van der Waals surface area contributed by atoms with Crippen LogP contribution in [0.5, 0.6) is 0 Å². The number of rotatable bonds is 2. The van der Waals surface area contributed by atoms with E-state index in [-0.39, 0.29) is 11.9 Å². The van der Waals surface area contributed by atoms with E-state index < -0.39 is 0 Å². The van der Waals surface area contributed by atoms with E-state index in [1.165, 1.54) is 12.1 Å². The molecule has 1 unspecified atom stereocenters. The van der Waals surface area contributed by atoms with Gasteiger partial charge in [-0.2, -0.15) is 5.10 Å². The van der Waals surface area contributed by atoms with Crippen LogP contribution in [0.15, 0.2) is 30.3 Å². The van der Waals surface area contributed by atoms with Crippen molar-refractivity contribution in [2.75, 3.05) is 0 Å². The van der Waals surface area contributed by atoms with Crippen molar-refractivity contribution >= 4 is 0 Å². The van der Waals surface area contributed by atoms with E-state index in [0.717, 1.165) is 17.0 Å². The quantitative estimate of drug-likeness (QED) is 0.838. The molecule has 2 aromatic rings. The van der Waals surface area contributed by atoms with E-state index in [2.05, 4.69) is 5.10 Å². The Morgan fingerprint density at radius 3 is 2.69 bits per heavy atom. The molecule has 2 rings (SSSR count). The molecule has 2 N–H and O–H groups in total. The molecule has 0 bridgehead atoms. The van der Waals surface area contributed by atoms with Crippen molar-refractivity contribution in [3.05, 3.63) is 53.1 Å². The molecular formula is C12H14FN3. The fourth-order valence-corrected chi connectivity index (χ4v) is 1.79. The van der Waals surface area contributed by atoms with Crippen molar-refractivity contribution in [1.29, 1.82) is 0 Å². The number of benzene rings is 1. The van der Waals surface area contributed by atoms with E-state index in [1.807, 2.05) is 26.1 Å². The highest BCUT2D eigenvalue weighted by atomic mass is 19.1. The fourth-order valence-electron chi connectivity index (χ4n) is 1.79. The second-order valence-corrected chi connectivity index (χ2v) is 3.87. The molecule has 1 atom stereocenters.